The van der Waals surface area contributed by atoms with E-state index in [1.165, 1.54) is 4.80 Å². The van der Waals surface area contributed by atoms with Crippen LogP contribution in [-0.2, 0) is 6.61 Å². The molecule has 6 nitrogen and oxygen atoms in total. The largest absolute Gasteiger partial charge is 0.390 e. The van der Waals surface area contributed by atoms with Crippen LogP contribution in [0.15, 0.2) is 36.9 Å². The van der Waals surface area contributed by atoms with E-state index in [9.17, 15) is 9.90 Å². The van der Waals surface area contributed by atoms with Crippen LogP contribution in [0, 0.1) is 0 Å². The molecule has 2 N–H and O–H groups in total. The smallest absolute Gasteiger partial charge is 0.274 e. The highest BCUT2D eigenvalue weighted by Crippen LogP contribution is 2.19. The van der Waals surface area contributed by atoms with E-state index in [2.05, 4.69) is 22.1 Å². The van der Waals surface area contributed by atoms with Gasteiger partial charge in [-0.25, -0.2) is 0 Å². The number of para-hydroxylation sites is 1. The van der Waals surface area contributed by atoms with E-state index in [-0.39, 0.29) is 18.0 Å². The Hall–Kier alpha value is -2.18. The highest BCUT2D eigenvalue weighted by molar-refractivity contribution is 6.32. The van der Waals surface area contributed by atoms with Crippen LogP contribution in [0.3, 0.4) is 0 Å². The van der Waals surface area contributed by atoms with Gasteiger partial charge in [-0.05, 0) is 12.1 Å². The number of carbonyl (C=O) groups excluding carboxylic acids is 1. The Bertz CT molecular complexity index is 639. The van der Waals surface area contributed by atoms with E-state index >= 15 is 0 Å². The number of aromatic nitrogens is 3. The van der Waals surface area contributed by atoms with Crippen LogP contribution in [0.1, 0.15) is 16.2 Å². The summed E-state index contributed by atoms with van der Waals surface area (Å²) >= 11 is 6.05. The van der Waals surface area contributed by atoms with Crippen molar-refractivity contribution in [3.05, 3.63) is 53.3 Å². The molecule has 104 valence electrons. The number of carbonyl (C=O) groups is 1. The highest BCUT2D eigenvalue weighted by atomic mass is 35.5. The molecule has 0 unspecified atom stereocenters. The van der Waals surface area contributed by atoms with E-state index in [1.807, 2.05) is 0 Å². The Labute approximate surface area is 120 Å². The van der Waals surface area contributed by atoms with E-state index in [4.69, 9.17) is 11.6 Å². The molecule has 0 aliphatic heterocycles. The molecule has 0 saturated carbocycles. The summed E-state index contributed by atoms with van der Waals surface area (Å²) in [5.41, 5.74) is 0.785. The van der Waals surface area contributed by atoms with Crippen molar-refractivity contribution in [1.29, 1.82) is 0 Å². The predicted molar refractivity (Wildman–Crippen MR) is 74.8 cm³/mol. The summed E-state index contributed by atoms with van der Waals surface area (Å²) < 4.78 is 0. The lowest BCUT2D eigenvalue weighted by molar-refractivity contribution is 0.0949. The van der Waals surface area contributed by atoms with Gasteiger partial charge in [0.2, 0.25) is 0 Å². The van der Waals surface area contributed by atoms with E-state index < -0.39 is 5.91 Å². The summed E-state index contributed by atoms with van der Waals surface area (Å²) in [6.45, 7) is 3.43. The normalized spacial score (nSPS) is 10.3. The first-order chi connectivity index (χ1) is 9.67. The molecule has 0 fully saturated rings. The Kier molecular flexibility index (Phi) is 4.49. The first kappa shape index (κ1) is 14.2. The molecule has 0 radical (unpaired) electrons. The number of hydrogen-bond acceptors (Lipinski definition) is 4. The van der Waals surface area contributed by atoms with Gasteiger partial charge in [0.1, 0.15) is 11.4 Å². The molecule has 0 bridgehead atoms. The molecule has 0 atom stereocenters. The molecule has 7 heteroatoms. The predicted octanol–water partition coefficient (Wildman–Crippen LogP) is 1.33. The van der Waals surface area contributed by atoms with Crippen molar-refractivity contribution < 1.29 is 9.90 Å². The molecule has 20 heavy (non-hydrogen) atoms. The van der Waals surface area contributed by atoms with Crippen LogP contribution in [-0.4, -0.2) is 32.6 Å². The van der Waals surface area contributed by atoms with Crippen molar-refractivity contribution in [2.24, 2.45) is 0 Å². The number of amides is 1. The van der Waals surface area contributed by atoms with Gasteiger partial charge >= 0.3 is 0 Å². The Morgan fingerprint density at radius 2 is 2.20 bits per heavy atom. The molecule has 0 saturated heterocycles. The Balaban J connectivity index is 2.38. The topological polar surface area (TPSA) is 80.0 Å². The first-order valence-corrected chi connectivity index (χ1v) is 6.26. The minimum absolute atomic E-state index is 0.0641. The zero-order chi connectivity index (χ0) is 14.5. The van der Waals surface area contributed by atoms with Gasteiger partial charge in [-0.3, -0.25) is 4.79 Å². The molecule has 1 aromatic carbocycles. The maximum Gasteiger partial charge on any atom is 0.274 e. The lowest BCUT2D eigenvalue weighted by Crippen LogP contribution is -2.24. The second-order valence-electron chi connectivity index (χ2n) is 3.89. The average Bonchev–Trinajstić information content (AvgIpc) is 2.89. The molecule has 2 rings (SSSR count). The third-order valence-corrected chi connectivity index (χ3v) is 2.84. The number of halogens is 1. The summed E-state index contributed by atoms with van der Waals surface area (Å²) in [5.74, 6) is -0.424. The fourth-order valence-corrected chi connectivity index (χ4v) is 1.80. The molecule has 0 spiro atoms. The van der Waals surface area contributed by atoms with E-state index in [1.54, 1.807) is 30.3 Å². The number of hydrogen-bond donors (Lipinski definition) is 2. The number of aliphatic hydroxyl groups excluding tert-OH is 1. The molecular formula is C13H13ClN4O2. The van der Waals surface area contributed by atoms with Crippen molar-refractivity contribution in [1.82, 2.24) is 20.3 Å². The molecule has 1 heterocycles. The van der Waals surface area contributed by atoms with Crippen molar-refractivity contribution >= 4 is 17.5 Å². The summed E-state index contributed by atoms with van der Waals surface area (Å²) in [5, 5.41) is 20.5. The molecule has 1 aromatic heterocycles. The third kappa shape index (κ3) is 2.87. The first-order valence-electron chi connectivity index (χ1n) is 5.88. The summed E-state index contributed by atoms with van der Waals surface area (Å²) in [6.07, 6.45) is 1.55. The fourth-order valence-electron chi connectivity index (χ4n) is 1.59. The molecular weight excluding hydrogens is 280 g/mol. The van der Waals surface area contributed by atoms with Crippen LogP contribution in [0.4, 0.5) is 0 Å². The SMILES string of the molecule is C=CCNC(=O)c1nn(-c2ccccc2Cl)nc1CO. The molecule has 0 aliphatic carbocycles. The van der Waals surface area contributed by atoms with E-state index in [0.717, 1.165) is 0 Å². The summed E-state index contributed by atoms with van der Waals surface area (Å²) in [7, 11) is 0. The van der Waals surface area contributed by atoms with Crippen molar-refractivity contribution in [2.45, 2.75) is 6.61 Å². The van der Waals surface area contributed by atoms with Crippen LogP contribution < -0.4 is 5.32 Å². The van der Waals surface area contributed by atoms with Crippen LogP contribution in [0.5, 0.6) is 0 Å². The minimum atomic E-state index is -0.424. The van der Waals surface area contributed by atoms with Gasteiger partial charge in [0.15, 0.2) is 5.69 Å². The maximum atomic E-state index is 11.9. The van der Waals surface area contributed by atoms with Crippen molar-refractivity contribution in [3.63, 3.8) is 0 Å². The van der Waals surface area contributed by atoms with Crippen LogP contribution in [0.25, 0.3) is 5.69 Å². The zero-order valence-electron chi connectivity index (χ0n) is 10.6. The van der Waals surface area contributed by atoms with Gasteiger partial charge in [-0.15, -0.1) is 21.6 Å². The van der Waals surface area contributed by atoms with Gasteiger partial charge in [-0.2, -0.15) is 0 Å². The lowest BCUT2D eigenvalue weighted by atomic mass is 10.3. The van der Waals surface area contributed by atoms with Crippen LogP contribution in [0.2, 0.25) is 5.02 Å². The monoisotopic (exact) mass is 292 g/mol. The molecule has 1 amide bonds. The average molecular weight is 293 g/mol. The van der Waals surface area contributed by atoms with Gasteiger partial charge in [0, 0.05) is 6.54 Å². The highest BCUT2D eigenvalue weighted by Gasteiger charge is 2.18. The van der Waals surface area contributed by atoms with Crippen molar-refractivity contribution in [3.8, 4) is 5.69 Å². The molecule has 2 aromatic rings. The number of benzene rings is 1. The maximum absolute atomic E-state index is 11.9. The Morgan fingerprint density at radius 1 is 1.45 bits per heavy atom. The third-order valence-electron chi connectivity index (χ3n) is 2.52. The lowest BCUT2D eigenvalue weighted by Gasteiger charge is -2.01. The van der Waals surface area contributed by atoms with Gasteiger partial charge < -0.3 is 10.4 Å². The summed E-state index contributed by atoms with van der Waals surface area (Å²) in [4.78, 5) is 13.1. The second kappa shape index (κ2) is 6.31. The number of rotatable bonds is 5. The quantitative estimate of drug-likeness (QED) is 0.815. The van der Waals surface area contributed by atoms with Gasteiger partial charge in [-0.1, -0.05) is 29.8 Å². The second-order valence-corrected chi connectivity index (χ2v) is 4.30. The summed E-state index contributed by atoms with van der Waals surface area (Å²) in [6, 6.07) is 6.96. The standard InChI is InChI=1S/C13H13ClN4O2/c1-2-7-15-13(20)12-10(8-19)16-18(17-12)11-6-4-3-5-9(11)14/h2-6,19H,1,7-8H2,(H,15,20). The van der Waals surface area contributed by atoms with Gasteiger partial charge in [0.05, 0.1) is 11.6 Å². The minimum Gasteiger partial charge on any atom is -0.390 e. The number of aliphatic hydroxyl groups is 1. The number of nitrogens with zero attached hydrogens (tertiary/aromatic N) is 3. The Morgan fingerprint density at radius 3 is 2.85 bits per heavy atom. The fraction of sp³-hybridized carbons (Fsp3) is 0.154. The van der Waals surface area contributed by atoms with E-state index in [0.29, 0.717) is 17.3 Å². The van der Waals surface area contributed by atoms with Crippen molar-refractivity contribution in [2.75, 3.05) is 6.54 Å². The number of nitrogens with one attached hydrogen (secondary N) is 1. The zero-order valence-corrected chi connectivity index (χ0v) is 11.3. The van der Waals surface area contributed by atoms with Crippen LogP contribution >= 0.6 is 11.6 Å². The van der Waals surface area contributed by atoms with Gasteiger partial charge in [0.25, 0.3) is 5.91 Å². The molecule has 0 aliphatic rings.